The zero-order valence-corrected chi connectivity index (χ0v) is 9.36. The van der Waals surface area contributed by atoms with Crippen LogP contribution in [-0.2, 0) is 0 Å². The Kier molecular flexibility index (Phi) is 2.45. The number of nitrogens with one attached hydrogen (secondary N) is 1. The van der Waals surface area contributed by atoms with Crippen molar-refractivity contribution in [3.8, 4) is 6.07 Å². The van der Waals surface area contributed by atoms with E-state index in [1.165, 1.54) is 6.20 Å². The second kappa shape index (κ2) is 3.97. The molecule has 5 heteroatoms. The van der Waals surface area contributed by atoms with Gasteiger partial charge >= 0.3 is 0 Å². The number of fused-ring (bicyclic) bond motifs is 2. The first-order valence-electron chi connectivity index (χ1n) is 5.83. The molecule has 2 bridgehead atoms. The summed E-state index contributed by atoms with van der Waals surface area (Å²) in [6.45, 7) is 1.95. The zero-order chi connectivity index (χ0) is 11.8. The number of aromatic nitrogens is 1. The molecule has 3 heterocycles. The lowest BCUT2D eigenvalue weighted by Gasteiger charge is -2.26. The van der Waals surface area contributed by atoms with Crippen LogP contribution in [-0.4, -0.2) is 30.2 Å². The molecule has 2 saturated heterocycles. The van der Waals surface area contributed by atoms with Gasteiger partial charge in [-0.1, -0.05) is 0 Å². The predicted octanol–water partition coefficient (Wildman–Crippen LogP) is 1.03. The molecule has 3 rings (SSSR count). The van der Waals surface area contributed by atoms with E-state index >= 15 is 0 Å². The summed E-state index contributed by atoms with van der Waals surface area (Å²) in [5.41, 5.74) is 0.885. The standard InChI is InChI=1S/C12H13FN4/c13-12-8(5-14)3-11(6-16-12)17-7-9-4-10(17)1-2-15-9/h3,6,9-10,15H,1-2,4,7H2/t9-,10+/m1/s1. The van der Waals surface area contributed by atoms with E-state index < -0.39 is 5.95 Å². The number of nitrogens with zero attached hydrogens (tertiary/aromatic N) is 3. The van der Waals surface area contributed by atoms with Gasteiger partial charge in [-0.15, -0.1) is 0 Å². The third-order valence-corrected chi connectivity index (χ3v) is 3.60. The number of hydrogen-bond donors (Lipinski definition) is 1. The van der Waals surface area contributed by atoms with Gasteiger partial charge in [0.25, 0.3) is 0 Å². The quantitative estimate of drug-likeness (QED) is 0.735. The van der Waals surface area contributed by atoms with Crippen LogP contribution in [0.15, 0.2) is 12.3 Å². The van der Waals surface area contributed by atoms with E-state index in [1.807, 2.05) is 6.07 Å². The molecule has 17 heavy (non-hydrogen) atoms. The van der Waals surface area contributed by atoms with Crippen LogP contribution in [0, 0.1) is 17.3 Å². The van der Waals surface area contributed by atoms with Crippen molar-refractivity contribution in [2.24, 2.45) is 0 Å². The summed E-state index contributed by atoms with van der Waals surface area (Å²) in [5.74, 6) is -0.684. The Balaban J connectivity index is 1.92. The fourth-order valence-electron chi connectivity index (χ4n) is 2.78. The monoisotopic (exact) mass is 232 g/mol. The number of pyridine rings is 1. The molecule has 0 radical (unpaired) electrons. The Labute approximate surface area is 99.1 Å². The first kappa shape index (κ1) is 10.5. The minimum absolute atomic E-state index is 0.0249. The largest absolute Gasteiger partial charge is 0.366 e. The highest BCUT2D eigenvalue weighted by atomic mass is 19.1. The van der Waals surface area contributed by atoms with Crippen LogP contribution in [0.4, 0.5) is 10.1 Å². The Bertz CT molecular complexity index is 482. The minimum Gasteiger partial charge on any atom is -0.366 e. The van der Waals surface area contributed by atoms with Crippen LogP contribution in [0.1, 0.15) is 18.4 Å². The van der Waals surface area contributed by atoms with E-state index in [-0.39, 0.29) is 5.56 Å². The van der Waals surface area contributed by atoms with E-state index in [0.717, 1.165) is 31.6 Å². The third-order valence-electron chi connectivity index (χ3n) is 3.60. The van der Waals surface area contributed by atoms with Gasteiger partial charge in [0.1, 0.15) is 11.6 Å². The molecule has 0 spiro atoms. The SMILES string of the molecule is N#Cc1cc(N2C[C@H]3C[C@@H]2CCN3)cnc1F. The molecule has 1 N–H and O–H groups in total. The Morgan fingerprint density at radius 2 is 2.47 bits per heavy atom. The molecule has 0 amide bonds. The fraction of sp³-hybridized carbons (Fsp3) is 0.500. The molecule has 88 valence electrons. The molecule has 0 aliphatic carbocycles. The highest BCUT2D eigenvalue weighted by molar-refractivity contribution is 5.51. The second-order valence-electron chi connectivity index (χ2n) is 4.63. The molecule has 2 aliphatic heterocycles. The van der Waals surface area contributed by atoms with E-state index in [4.69, 9.17) is 5.26 Å². The van der Waals surface area contributed by atoms with Gasteiger partial charge in [0.05, 0.1) is 11.9 Å². The van der Waals surface area contributed by atoms with E-state index in [2.05, 4.69) is 15.2 Å². The van der Waals surface area contributed by atoms with Crippen LogP contribution in [0.3, 0.4) is 0 Å². The van der Waals surface area contributed by atoms with Crippen LogP contribution >= 0.6 is 0 Å². The maximum absolute atomic E-state index is 13.2. The molecule has 4 nitrogen and oxygen atoms in total. The number of rotatable bonds is 1. The first-order valence-corrected chi connectivity index (χ1v) is 5.83. The maximum atomic E-state index is 13.2. The van der Waals surface area contributed by atoms with E-state index in [0.29, 0.717) is 12.1 Å². The van der Waals surface area contributed by atoms with Gasteiger partial charge in [0, 0.05) is 18.6 Å². The average Bonchev–Trinajstić information content (AvgIpc) is 2.65. The van der Waals surface area contributed by atoms with Crippen molar-refractivity contribution in [1.29, 1.82) is 5.26 Å². The average molecular weight is 232 g/mol. The highest BCUT2D eigenvalue weighted by Crippen LogP contribution is 2.30. The topological polar surface area (TPSA) is 52.0 Å². The Hall–Kier alpha value is -1.67. The van der Waals surface area contributed by atoms with E-state index in [9.17, 15) is 4.39 Å². The summed E-state index contributed by atoms with van der Waals surface area (Å²) in [6.07, 6.45) is 3.74. The van der Waals surface area contributed by atoms with Gasteiger partial charge in [-0.05, 0) is 25.5 Å². The van der Waals surface area contributed by atoms with Gasteiger partial charge in [-0.2, -0.15) is 9.65 Å². The molecule has 2 aliphatic rings. The zero-order valence-electron chi connectivity index (χ0n) is 9.36. The van der Waals surface area contributed by atoms with Crippen molar-refractivity contribution in [1.82, 2.24) is 10.3 Å². The van der Waals surface area contributed by atoms with Gasteiger partial charge in [0.15, 0.2) is 0 Å². The summed E-state index contributed by atoms with van der Waals surface area (Å²) < 4.78 is 13.2. The lowest BCUT2D eigenvalue weighted by Crippen LogP contribution is -2.35. The fourth-order valence-corrected chi connectivity index (χ4v) is 2.78. The Morgan fingerprint density at radius 3 is 3.24 bits per heavy atom. The molecule has 1 aromatic rings. The van der Waals surface area contributed by atoms with Crippen molar-refractivity contribution in [3.63, 3.8) is 0 Å². The predicted molar refractivity (Wildman–Crippen MR) is 61.1 cm³/mol. The molecular weight excluding hydrogens is 219 g/mol. The van der Waals surface area contributed by atoms with Crippen LogP contribution in [0.2, 0.25) is 0 Å². The molecule has 2 fully saturated rings. The first-order chi connectivity index (χ1) is 8.28. The third kappa shape index (κ3) is 1.75. The number of piperidine rings is 1. The van der Waals surface area contributed by atoms with Crippen LogP contribution < -0.4 is 10.2 Å². The molecule has 1 aromatic heterocycles. The normalized spacial score (nSPS) is 26.9. The van der Waals surface area contributed by atoms with Gasteiger partial charge in [-0.25, -0.2) is 4.98 Å². The summed E-state index contributed by atoms with van der Waals surface area (Å²) >= 11 is 0. The Morgan fingerprint density at radius 1 is 1.59 bits per heavy atom. The van der Waals surface area contributed by atoms with Crippen molar-refractivity contribution >= 4 is 5.69 Å². The second-order valence-corrected chi connectivity index (χ2v) is 4.63. The molecular formula is C12H13FN4. The van der Waals surface area contributed by atoms with Gasteiger partial charge in [-0.3, -0.25) is 0 Å². The molecule has 0 unspecified atom stereocenters. The number of nitriles is 1. The summed E-state index contributed by atoms with van der Waals surface area (Å²) in [7, 11) is 0. The molecule has 2 atom stereocenters. The smallest absolute Gasteiger partial charge is 0.230 e. The lowest BCUT2D eigenvalue weighted by atomic mass is 10.1. The van der Waals surface area contributed by atoms with Gasteiger partial charge in [0.2, 0.25) is 5.95 Å². The van der Waals surface area contributed by atoms with Crippen LogP contribution in [0.25, 0.3) is 0 Å². The maximum Gasteiger partial charge on any atom is 0.230 e. The van der Waals surface area contributed by atoms with Crippen LogP contribution in [0.5, 0.6) is 0 Å². The summed E-state index contributed by atoms with van der Waals surface area (Å²) in [4.78, 5) is 5.89. The van der Waals surface area contributed by atoms with Crippen molar-refractivity contribution in [2.45, 2.75) is 24.9 Å². The van der Waals surface area contributed by atoms with Crippen molar-refractivity contribution in [3.05, 3.63) is 23.8 Å². The summed E-state index contributed by atoms with van der Waals surface area (Å²) in [6, 6.07) is 4.46. The summed E-state index contributed by atoms with van der Waals surface area (Å²) in [5, 5.41) is 12.3. The van der Waals surface area contributed by atoms with Crippen molar-refractivity contribution < 1.29 is 4.39 Å². The molecule has 0 aromatic carbocycles. The number of halogens is 1. The lowest BCUT2D eigenvalue weighted by molar-refractivity contribution is 0.449. The number of hydrogen-bond acceptors (Lipinski definition) is 4. The highest BCUT2D eigenvalue weighted by Gasteiger charge is 2.35. The van der Waals surface area contributed by atoms with Crippen molar-refractivity contribution in [2.75, 3.05) is 18.0 Å². The van der Waals surface area contributed by atoms with Gasteiger partial charge < -0.3 is 10.2 Å². The molecule has 0 saturated carbocycles. The minimum atomic E-state index is -0.684. The number of anilines is 1. The van der Waals surface area contributed by atoms with E-state index in [1.54, 1.807) is 6.07 Å².